The van der Waals surface area contributed by atoms with Crippen molar-refractivity contribution in [2.45, 2.75) is 38.6 Å². The van der Waals surface area contributed by atoms with Crippen LogP contribution in [0, 0.1) is 0 Å². The minimum absolute atomic E-state index is 0.0238. The highest BCUT2D eigenvalue weighted by molar-refractivity contribution is 5.96. The smallest absolute Gasteiger partial charge is 0.345 e. The van der Waals surface area contributed by atoms with Crippen LogP contribution in [-0.4, -0.2) is 55.1 Å². The lowest BCUT2D eigenvalue weighted by Crippen LogP contribution is -2.40. The van der Waals surface area contributed by atoms with E-state index in [2.05, 4.69) is 10.2 Å². The summed E-state index contributed by atoms with van der Waals surface area (Å²) < 4.78 is 9.89. The first-order valence-corrected chi connectivity index (χ1v) is 8.85. The summed E-state index contributed by atoms with van der Waals surface area (Å²) in [6, 6.07) is 0.0238. The number of ether oxygens (including phenoxy) is 1. The summed E-state index contributed by atoms with van der Waals surface area (Å²) in [5.41, 5.74) is 0.338. The van der Waals surface area contributed by atoms with Crippen LogP contribution >= 0.6 is 0 Å². The molecule has 26 heavy (non-hydrogen) atoms. The Kier molecular flexibility index (Phi) is 4.88. The Morgan fingerprint density at radius 2 is 2.04 bits per heavy atom. The second kappa shape index (κ2) is 6.97. The van der Waals surface area contributed by atoms with E-state index >= 15 is 0 Å². The monoisotopic (exact) mass is 362 g/mol. The molecule has 0 spiro atoms. The zero-order chi connectivity index (χ0) is 19.0. The molecule has 0 aliphatic carbocycles. The van der Waals surface area contributed by atoms with Crippen LogP contribution in [-0.2, 0) is 14.1 Å². The highest BCUT2D eigenvalue weighted by Crippen LogP contribution is 2.28. The van der Waals surface area contributed by atoms with Gasteiger partial charge in [0.25, 0.3) is 5.91 Å². The Bertz CT molecular complexity index is 862. The Hall–Kier alpha value is -2.58. The summed E-state index contributed by atoms with van der Waals surface area (Å²) in [5.74, 6) is 1.01. The van der Waals surface area contributed by atoms with Crippen LogP contribution in [0.2, 0.25) is 0 Å². The van der Waals surface area contributed by atoms with Crippen molar-refractivity contribution in [1.29, 1.82) is 0 Å². The van der Waals surface area contributed by atoms with Crippen LogP contribution < -0.4 is 10.4 Å². The molecule has 1 saturated heterocycles. The number of amides is 1. The number of methoxy groups -OCH3 is 1. The lowest BCUT2D eigenvalue weighted by atomic mass is 9.96. The zero-order valence-corrected chi connectivity index (χ0v) is 16.0. The van der Waals surface area contributed by atoms with Gasteiger partial charge in [-0.05, 0) is 26.7 Å². The molecule has 0 saturated carbocycles. The Morgan fingerprint density at radius 3 is 2.69 bits per heavy atom. The second-order valence-corrected chi connectivity index (χ2v) is 7.04. The highest BCUT2D eigenvalue weighted by Gasteiger charge is 2.31. The maximum absolute atomic E-state index is 13.0. The van der Waals surface area contributed by atoms with Gasteiger partial charge in [-0.25, -0.2) is 9.48 Å². The van der Waals surface area contributed by atoms with E-state index in [9.17, 15) is 9.59 Å². The van der Waals surface area contributed by atoms with Crippen LogP contribution in [0.15, 0.2) is 11.0 Å². The van der Waals surface area contributed by atoms with E-state index in [1.165, 1.54) is 11.8 Å². The van der Waals surface area contributed by atoms with Gasteiger partial charge >= 0.3 is 5.69 Å². The number of aryl methyl sites for hydroxylation is 2. The van der Waals surface area contributed by atoms with Crippen molar-refractivity contribution in [1.82, 2.24) is 29.0 Å². The Morgan fingerprint density at radius 1 is 1.31 bits per heavy atom. The number of nitrogens with zero attached hydrogens (tertiary/aromatic N) is 6. The number of carbonyl (C=O) groups is 1. The van der Waals surface area contributed by atoms with Gasteiger partial charge in [0.1, 0.15) is 11.4 Å². The largest absolute Gasteiger partial charge is 0.479 e. The Balaban J connectivity index is 1.87. The van der Waals surface area contributed by atoms with E-state index in [0.717, 1.165) is 18.7 Å². The molecule has 1 unspecified atom stereocenters. The number of carbonyl (C=O) groups excluding carboxylic acids is 1. The van der Waals surface area contributed by atoms with Gasteiger partial charge in [0.2, 0.25) is 5.88 Å². The predicted octanol–water partition coefficient (Wildman–Crippen LogP) is 0.925. The van der Waals surface area contributed by atoms with Gasteiger partial charge in [0.15, 0.2) is 0 Å². The SMILES string of the molecule is COc1nn(C)cc1C(=O)N1CCCC(c2nn(C)c(=O)n2C(C)C)C1. The predicted molar refractivity (Wildman–Crippen MR) is 95.5 cm³/mol. The molecule has 1 amide bonds. The fourth-order valence-corrected chi connectivity index (χ4v) is 3.57. The van der Waals surface area contributed by atoms with Gasteiger partial charge in [0, 0.05) is 45.3 Å². The third-order valence-electron chi connectivity index (χ3n) is 4.79. The minimum atomic E-state index is -0.118. The third-order valence-corrected chi connectivity index (χ3v) is 4.79. The lowest BCUT2D eigenvalue weighted by molar-refractivity contribution is 0.0699. The van der Waals surface area contributed by atoms with E-state index in [1.54, 1.807) is 34.4 Å². The highest BCUT2D eigenvalue weighted by atomic mass is 16.5. The first-order valence-electron chi connectivity index (χ1n) is 8.85. The molecule has 142 valence electrons. The molecule has 0 radical (unpaired) electrons. The van der Waals surface area contributed by atoms with E-state index in [0.29, 0.717) is 24.5 Å². The number of aromatic nitrogens is 5. The number of hydrogen-bond acceptors (Lipinski definition) is 5. The first-order chi connectivity index (χ1) is 12.3. The molecule has 1 fully saturated rings. The van der Waals surface area contributed by atoms with E-state index in [4.69, 9.17) is 4.74 Å². The standard InChI is InChI=1S/C17H26N6O3/c1-11(2)23-14(18-21(4)17(23)25)12-7-6-8-22(9-12)16(24)13-10-20(3)19-15(13)26-5/h10-12H,6-9H2,1-5H3. The molecular weight excluding hydrogens is 336 g/mol. The summed E-state index contributed by atoms with van der Waals surface area (Å²) in [5, 5.41) is 8.61. The maximum atomic E-state index is 13.0. The van der Waals surface area contributed by atoms with E-state index < -0.39 is 0 Å². The molecule has 9 nitrogen and oxygen atoms in total. The second-order valence-electron chi connectivity index (χ2n) is 7.04. The molecule has 3 rings (SSSR count). The molecule has 1 atom stereocenters. The van der Waals surface area contributed by atoms with Crippen molar-refractivity contribution in [3.63, 3.8) is 0 Å². The molecule has 3 heterocycles. The summed E-state index contributed by atoms with van der Waals surface area (Å²) in [6.45, 7) is 5.14. The summed E-state index contributed by atoms with van der Waals surface area (Å²) in [4.78, 5) is 27.1. The summed E-state index contributed by atoms with van der Waals surface area (Å²) in [6.07, 6.45) is 3.44. The van der Waals surface area contributed by atoms with Crippen molar-refractivity contribution in [2.24, 2.45) is 14.1 Å². The van der Waals surface area contributed by atoms with E-state index in [-0.39, 0.29) is 23.6 Å². The van der Waals surface area contributed by atoms with Gasteiger partial charge < -0.3 is 9.64 Å². The van der Waals surface area contributed by atoms with Crippen LogP contribution in [0.1, 0.15) is 54.8 Å². The van der Waals surface area contributed by atoms with Crippen LogP contribution in [0.25, 0.3) is 0 Å². The van der Waals surface area contributed by atoms with Crippen molar-refractivity contribution in [3.05, 3.63) is 28.1 Å². The van der Waals surface area contributed by atoms with Gasteiger partial charge in [-0.15, -0.1) is 5.10 Å². The van der Waals surface area contributed by atoms with Gasteiger partial charge in [-0.2, -0.15) is 5.10 Å². The molecule has 9 heteroatoms. The van der Waals surface area contributed by atoms with Crippen LogP contribution in [0.3, 0.4) is 0 Å². The van der Waals surface area contributed by atoms with Crippen molar-refractivity contribution in [3.8, 4) is 5.88 Å². The lowest BCUT2D eigenvalue weighted by Gasteiger charge is -2.32. The summed E-state index contributed by atoms with van der Waals surface area (Å²) >= 11 is 0. The van der Waals surface area contributed by atoms with Gasteiger partial charge in [-0.3, -0.25) is 14.0 Å². The molecule has 2 aromatic heterocycles. The third kappa shape index (κ3) is 3.13. The van der Waals surface area contributed by atoms with Crippen LogP contribution in [0.4, 0.5) is 0 Å². The van der Waals surface area contributed by atoms with Gasteiger partial charge in [-0.1, -0.05) is 0 Å². The number of likely N-dealkylation sites (tertiary alicyclic amines) is 1. The Labute approximate surface area is 152 Å². The number of rotatable bonds is 4. The fraction of sp³-hybridized carbons (Fsp3) is 0.647. The number of piperidine rings is 1. The average Bonchev–Trinajstić information content (AvgIpc) is 3.14. The minimum Gasteiger partial charge on any atom is -0.479 e. The maximum Gasteiger partial charge on any atom is 0.345 e. The summed E-state index contributed by atoms with van der Waals surface area (Å²) in [7, 11) is 4.93. The normalized spacial score (nSPS) is 17.8. The van der Waals surface area contributed by atoms with Gasteiger partial charge in [0.05, 0.1) is 7.11 Å². The number of hydrogen-bond donors (Lipinski definition) is 0. The molecule has 0 N–H and O–H groups in total. The van der Waals surface area contributed by atoms with Crippen molar-refractivity contribution >= 4 is 5.91 Å². The fourth-order valence-electron chi connectivity index (χ4n) is 3.57. The molecule has 1 aliphatic heterocycles. The zero-order valence-electron chi connectivity index (χ0n) is 16.0. The average molecular weight is 362 g/mol. The molecular formula is C17H26N6O3. The van der Waals surface area contributed by atoms with Crippen LogP contribution in [0.5, 0.6) is 5.88 Å². The van der Waals surface area contributed by atoms with E-state index in [1.807, 2.05) is 13.8 Å². The molecule has 0 bridgehead atoms. The van der Waals surface area contributed by atoms with Crippen molar-refractivity contribution < 1.29 is 9.53 Å². The topological polar surface area (TPSA) is 87.2 Å². The molecule has 1 aliphatic rings. The first kappa shape index (κ1) is 18.2. The molecule has 2 aromatic rings. The quantitative estimate of drug-likeness (QED) is 0.807. The van der Waals surface area contributed by atoms with Crippen molar-refractivity contribution in [2.75, 3.05) is 20.2 Å². The molecule has 0 aromatic carbocycles.